The number of hydrogen-bond acceptors (Lipinski definition) is 5. The first-order valence-electron chi connectivity index (χ1n) is 5.44. The van der Waals surface area contributed by atoms with Gasteiger partial charge in [0.15, 0.2) is 5.75 Å². The summed E-state index contributed by atoms with van der Waals surface area (Å²) in [5, 5.41) is 10.7. The van der Waals surface area contributed by atoms with Crippen LogP contribution in [0.4, 0.5) is 10.1 Å². The fourth-order valence-corrected chi connectivity index (χ4v) is 1.23. The summed E-state index contributed by atoms with van der Waals surface area (Å²) in [6.45, 7) is 1.86. The van der Waals surface area contributed by atoms with Gasteiger partial charge < -0.3 is 9.47 Å². The lowest BCUT2D eigenvalue weighted by molar-refractivity contribution is -0.386. The molecule has 0 radical (unpaired) electrons. The number of halogens is 1. The van der Waals surface area contributed by atoms with Gasteiger partial charge in [-0.3, -0.25) is 10.1 Å². The molecule has 0 aromatic heterocycles. The van der Waals surface area contributed by atoms with Crippen molar-refractivity contribution >= 4 is 11.7 Å². The van der Waals surface area contributed by atoms with Crippen LogP contribution in [0.1, 0.15) is 6.92 Å². The summed E-state index contributed by atoms with van der Waals surface area (Å²) in [5.74, 6) is -1.32. The smallest absolute Gasteiger partial charge is 0.330 e. The van der Waals surface area contributed by atoms with Gasteiger partial charge in [0.05, 0.1) is 17.6 Å². The summed E-state index contributed by atoms with van der Waals surface area (Å²) in [6.07, 6.45) is 2.50. The van der Waals surface area contributed by atoms with Crippen LogP contribution in [0, 0.1) is 15.9 Å². The van der Waals surface area contributed by atoms with Gasteiger partial charge in [-0.25, -0.2) is 9.18 Å². The van der Waals surface area contributed by atoms with E-state index in [0.717, 1.165) is 24.3 Å². The number of hydrogen-bond donors (Lipinski definition) is 0. The molecule has 102 valence electrons. The molecule has 6 nitrogen and oxygen atoms in total. The Morgan fingerprint density at radius 2 is 2.26 bits per heavy atom. The number of ether oxygens (including phenoxy) is 2. The molecule has 0 fully saturated rings. The van der Waals surface area contributed by atoms with Gasteiger partial charge in [0, 0.05) is 6.08 Å². The third-order valence-electron chi connectivity index (χ3n) is 1.99. The van der Waals surface area contributed by atoms with E-state index in [2.05, 4.69) is 4.74 Å². The first-order valence-corrected chi connectivity index (χ1v) is 5.44. The third kappa shape index (κ3) is 4.74. The van der Waals surface area contributed by atoms with Gasteiger partial charge in [-0.15, -0.1) is 0 Å². The van der Waals surface area contributed by atoms with Gasteiger partial charge in [-0.05, 0) is 25.1 Å². The van der Waals surface area contributed by atoms with Crippen molar-refractivity contribution in [2.45, 2.75) is 6.92 Å². The Morgan fingerprint density at radius 3 is 2.89 bits per heavy atom. The molecule has 19 heavy (non-hydrogen) atoms. The summed E-state index contributed by atoms with van der Waals surface area (Å²) in [6, 6.07) is 2.98. The van der Waals surface area contributed by atoms with Crippen LogP contribution >= 0.6 is 0 Å². The molecule has 0 aliphatic carbocycles. The van der Waals surface area contributed by atoms with E-state index in [4.69, 9.17) is 4.74 Å². The highest BCUT2D eigenvalue weighted by atomic mass is 19.1. The second-order valence-electron chi connectivity index (χ2n) is 3.33. The largest absolute Gasteiger partial charge is 0.483 e. The Balaban J connectivity index is 2.63. The van der Waals surface area contributed by atoms with Crippen LogP contribution in [-0.2, 0) is 9.53 Å². The number of benzene rings is 1. The second kappa shape index (κ2) is 7.10. The Morgan fingerprint density at radius 1 is 1.53 bits per heavy atom. The summed E-state index contributed by atoms with van der Waals surface area (Å²) in [4.78, 5) is 20.9. The normalized spacial score (nSPS) is 10.4. The van der Waals surface area contributed by atoms with Crippen molar-refractivity contribution in [1.29, 1.82) is 0 Å². The highest BCUT2D eigenvalue weighted by Crippen LogP contribution is 2.27. The molecule has 0 atom stereocenters. The number of carbonyl (C=O) groups is 1. The van der Waals surface area contributed by atoms with Gasteiger partial charge in [-0.1, -0.05) is 0 Å². The predicted molar refractivity (Wildman–Crippen MR) is 64.3 cm³/mol. The van der Waals surface area contributed by atoms with Gasteiger partial charge in [0.2, 0.25) is 0 Å². The van der Waals surface area contributed by atoms with E-state index in [9.17, 15) is 19.3 Å². The zero-order valence-corrected chi connectivity index (χ0v) is 10.2. The lowest BCUT2D eigenvalue weighted by Crippen LogP contribution is -2.02. The van der Waals surface area contributed by atoms with Gasteiger partial charge >= 0.3 is 11.7 Å². The zero-order valence-electron chi connectivity index (χ0n) is 10.2. The molecule has 0 spiro atoms. The first-order chi connectivity index (χ1) is 9.04. The summed E-state index contributed by atoms with van der Waals surface area (Å²) in [7, 11) is 0. The Hall–Kier alpha value is -2.44. The number of nitro groups is 1. The average Bonchev–Trinajstić information content (AvgIpc) is 2.36. The molecule has 0 saturated heterocycles. The minimum absolute atomic E-state index is 0.0642. The minimum atomic E-state index is -0.743. The van der Waals surface area contributed by atoms with E-state index in [1.807, 2.05) is 0 Å². The van der Waals surface area contributed by atoms with Crippen molar-refractivity contribution in [1.82, 2.24) is 0 Å². The van der Waals surface area contributed by atoms with Crippen molar-refractivity contribution in [2.75, 3.05) is 13.2 Å². The SMILES string of the molecule is CCOC(=O)/C=C/COc1ccc(F)cc1[N+](=O)[O-]. The van der Waals surface area contributed by atoms with Crippen LogP contribution in [0.15, 0.2) is 30.4 Å². The van der Waals surface area contributed by atoms with E-state index in [1.54, 1.807) is 6.92 Å². The molecule has 0 saturated carbocycles. The molecule has 0 amide bonds. The summed E-state index contributed by atoms with van der Waals surface area (Å²) in [5.41, 5.74) is -0.468. The van der Waals surface area contributed by atoms with Gasteiger partial charge in [0.25, 0.3) is 0 Å². The fourth-order valence-electron chi connectivity index (χ4n) is 1.23. The molecule has 0 unspecified atom stereocenters. The van der Waals surface area contributed by atoms with Gasteiger partial charge in [-0.2, -0.15) is 0 Å². The molecule has 0 aliphatic heterocycles. The first kappa shape index (κ1) is 14.6. The Kier molecular flexibility index (Phi) is 5.46. The molecule has 0 bridgehead atoms. The molecule has 1 aromatic carbocycles. The molecule has 1 rings (SSSR count). The fraction of sp³-hybridized carbons (Fsp3) is 0.250. The monoisotopic (exact) mass is 269 g/mol. The highest BCUT2D eigenvalue weighted by molar-refractivity contribution is 5.81. The number of esters is 1. The van der Waals surface area contributed by atoms with Crippen LogP contribution in [0.5, 0.6) is 5.75 Å². The maximum atomic E-state index is 12.9. The van der Waals surface area contributed by atoms with E-state index in [-0.39, 0.29) is 19.0 Å². The van der Waals surface area contributed by atoms with Crippen LogP contribution in [0.2, 0.25) is 0 Å². The van der Waals surface area contributed by atoms with Crippen LogP contribution < -0.4 is 4.74 Å². The molecule has 0 N–H and O–H groups in total. The van der Waals surface area contributed by atoms with E-state index in [1.165, 1.54) is 6.08 Å². The predicted octanol–water partition coefficient (Wildman–Crippen LogP) is 2.23. The molecule has 0 aliphatic rings. The van der Waals surface area contributed by atoms with Crippen molar-refractivity contribution in [3.8, 4) is 5.75 Å². The minimum Gasteiger partial charge on any atom is -0.483 e. The number of nitrogens with zero attached hydrogens (tertiary/aromatic N) is 1. The molecule has 1 aromatic rings. The number of rotatable bonds is 6. The second-order valence-corrected chi connectivity index (χ2v) is 3.33. The lowest BCUT2D eigenvalue weighted by Gasteiger charge is -2.03. The van der Waals surface area contributed by atoms with E-state index < -0.39 is 22.4 Å². The average molecular weight is 269 g/mol. The molecule has 0 heterocycles. The van der Waals surface area contributed by atoms with Crippen LogP contribution in [0.3, 0.4) is 0 Å². The topological polar surface area (TPSA) is 78.7 Å². The van der Waals surface area contributed by atoms with Crippen LogP contribution in [0.25, 0.3) is 0 Å². The van der Waals surface area contributed by atoms with Gasteiger partial charge in [0.1, 0.15) is 12.4 Å². The highest BCUT2D eigenvalue weighted by Gasteiger charge is 2.15. The lowest BCUT2D eigenvalue weighted by atomic mass is 10.3. The Labute approximate surface area is 108 Å². The maximum Gasteiger partial charge on any atom is 0.330 e. The number of nitro benzene ring substituents is 1. The van der Waals surface area contributed by atoms with Crippen molar-refractivity contribution < 1.29 is 23.6 Å². The maximum absolute atomic E-state index is 12.9. The van der Waals surface area contributed by atoms with E-state index >= 15 is 0 Å². The zero-order chi connectivity index (χ0) is 14.3. The van der Waals surface area contributed by atoms with Crippen molar-refractivity contribution in [2.24, 2.45) is 0 Å². The molecular weight excluding hydrogens is 257 g/mol. The summed E-state index contributed by atoms with van der Waals surface area (Å²) < 4.78 is 22.6. The van der Waals surface area contributed by atoms with E-state index in [0.29, 0.717) is 0 Å². The summed E-state index contributed by atoms with van der Waals surface area (Å²) >= 11 is 0. The standard InChI is InChI=1S/C12H12FNO5/c1-2-18-12(15)4-3-7-19-11-6-5-9(13)8-10(11)14(16)17/h3-6,8H,2,7H2,1H3/b4-3+. The number of carbonyl (C=O) groups excluding carboxylic acids is 1. The Bertz CT molecular complexity index is 501. The molecular formula is C12H12FNO5. The van der Waals surface area contributed by atoms with Crippen LogP contribution in [-0.4, -0.2) is 24.1 Å². The third-order valence-corrected chi connectivity index (χ3v) is 1.99. The molecule has 7 heteroatoms. The van der Waals surface area contributed by atoms with Crippen molar-refractivity contribution in [3.63, 3.8) is 0 Å². The van der Waals surface area contributed by atoms with Crippen molar-refractivity contribution in [3.05, 3.63) is 46.3 Å². The quantitative estimate of drug-likeness (QED) is 0.342.